The van der Waals surface area contributed by atoms with E-state index in [0.29, 0.717) is 16.8 Å². The Bertz CT molecular complexity index is 970. The van der Waals surface area contributed by atoms with E-state index in [1.165, 1.54) is 6.92 Å². The van der Waals surface area contributed by atoms with E-state index < -0.39 is 11.7 Å². The van der Waals surface area contributed by atoms with Crippen LogP contribution in [-0.4, -0.2) is 17.5 Å². The second kappa shape index (κ2) is 7.09. The molecule has 3 rings (SSSR count). The van der Waals surface area contributed by atoms with Gasteiger partial charge in [-0.2, -0.15) is 0 Å². The van der Waals surface area contributed by atoms with Crippen molar-refractivity contribution >= 4 is 33.9 Å². The highest BCUT2D eigenvalue weighted by Gasteiger charge is 2.16. The number of nitrogens with one attached hydrogen (secondary N) is 1. The highest BCUT2D eigenvalue weighted by atomic mass is 16.2. The lowest BCUT2D eigenvalue weighted by atomic mass is 10.0. The van der Waals surface area contributed by atoms with Crippen molar-refractivity contribution in [3.05, 3.63) is 77.9 Å². The average molecular weight is 331 g/mol. The van der Waals surface area contributed by atoms with Crippen molar-refractivity contribution in [2.45, 2.75) is 13.3 Å². The summed E-state index contributed by atoms with van der Waals surface area (Å²) in [5.41, 5.74) is 1.78. The van der Waals surface area contributed by atoms with E-state index in [9.17, 15) is 14.4 Å². The van der Waals surface area contributed by atoms with Crippen LogP contribution in [0.2, 0.25) is 0 Å². The molecule has 1 amide bonds. The zero-order valence-corrected chi connectivity index (χ0v) is 13.8. The molecule has 0 spiro atoms. The number of fused-ring (bicyclic) bond motifs is 1. The Morgan fingerprint density at radius 2 is 1.60 bits per heavy atom. The van der Waals surface area contributed by atoms with Crippen LogP contribution in [0.1, 0.15) is 22.8 Å². The van der Waals surface area contributed by atoms with Crippen LogP contribution in [0.5, 0.6) is 0 Å². The first-order chi connectivity index (χ1) is 12.0. The second-order valence-corrected chi connectivity index (χ2v) is 5.84. The third kappa shape index (κ3) is 3.80. The summed E-state index contributed by atoms with van der Waals surface area (Å²) >= 11 is 0. The molecule has 3 aromatic rings. The Morgan fingerprint density at radius 1 is 0.880 bits per heavy atom. The Kier molecular flexibility index (Phi) is 4.70. The van der Waals surface area contributed by atoms with Gasteiger partial charge in [-0.25, -0.2) is 0 Å². The van der Waals surface area contributed by atoms with Crippen molar-refractivity contribution in [1.29, 1.82) is 0 Å². The fourth-order valence-electron chi connectivity index (χ4n) is 2.69. The van der Waals surface area contributed by atoms with Crippen LogP contribution in [-0.2, 0) is 16.0 Å². The van der Waals surface area contributed by atoms with Crippen molar-refractivity contribution in [2.24, 2.45) is 0 Å². The number of carbonyl (C=O) groups excluding carboxylic acids is 3. The maximum atomic E-state index is 12.3. The van der Waals surface area contributed by atoms with E-state index in [2.05, 4.69) is 5.32 Å². The van der Waals surface area contributed by atoms with Gasteiger partial charge in [-0.1, -0.05) is 54.6 Å². The number of carbonyl (C=O) groups is 3. The first-order valence-corrected chi connectivity index (χ1v) is 7.96. The predicted molar refractivity (Wildman–Crippen MR) is 97.7 cm³/mol. The summed E-state index contributed by atoms with van der Waals surface area (Å²) in [5, 5.41) is 4.55. The normalized spacial score (nSPS) is 10.4. The van der Waals surface area contributed by atoms with Gasteiger partial charge in [0.15, 0.2) is 5.78 Å². The van der Waals surface area contributed by atoms with Crippen molar-refractivity contribution in [2.75, 3.05) is 5.32 Å². The molecule has 4 nitrogen and oxygen atoms in total. The van der Waals surface area contributed by atoms with Crippen LogP contribution in [0.4, 0.5) is 5.69 Å². The number of rotatable bonds is 5. The molecule has 25 heavy (non-hydrogen) atoms. The van der Waals surface area contributed by atoms with Gasteiger partial charge in [0.25, 0.3) is 5.91 Å². The lowest BCUT2D eigenvalue weighted by molar-refractivity contribution is -0.134. The maximum absolute atomic E-state index is 12.3. The number of hydrogen-bond donors (Lipinski definition) is 1. The fourth-order valence-corrected chi connectivity index (χ4v) is 2.69. The minimum Gasteiger partial charge on any atom is -0.319 e. The number of ketones is 2. The Labute approximate surface area is 145 Å². The molecule has 0 atom stereocenters. The van der Waals surface area contributed by atoms with Gasteiger partial charge in [-0.05, 0) is 30.0 Å². The lowest BCUT2D eigenvalue weighted by Gasteiger charge is -2.08. The largest absolute Gasteiger partial charge is 0.319 e. The van der Waals surface area contributed by atoms with Crippen LogP contribution in [0.3, 0.4) is 0 Å². The molecule has 0 radical (unpaired) electrons. The first-order valence-electron chi connectivity index (χ1n) is 7.96. The number of anilines is 1. The minimum atomic E-state index is -0.662. The molecule has 0 fully saturated rings. The van der Waals surface area contributed by atoms with Crippen LogP contribution >= 0.6 is 0 Å². The summed E-state index contributed by atoms with van der Waals surface area (Å²) < 4.78 is 0. The highest BCUT2D eigenvalue weighted by Crippen LogP contribution is 2.23. The lowest BCUT2D eigenvalue weighted by Crippen LogP contribution is -2.24. The molecule has 0 saturated heterocycles. The van der Waals surface area contributed by atoms with Crippen molar-refractivity contribution in [3.63, 3.8) is 0 Å². The van der Waals surface area contributed by atoms with Gasteiger partial charge < -0.3 is 5.32 Å². The topological polar surface area (TPSA) is 63.2 Å². The third-order valence-electron chi connectivity index (χ3n) is 3.99. The number of Topliss-reactive ketones (excluding diaryl/α,β-unsaturated/α-hetero) is 2. The van der Waals surface area contributed by atoms with Crippen LogP contribution in [0.25, 0.3) is 10.8 Å². The SMILES string of the molecule is CC(=O)c1cccc(CC(=O)C(=O)Nc2cccc3ccccc23)c1. The molecular formula is C21H17NO3. The van der Waals surface area contributed by atoms with E-state index in [1.54, 1.807) is 30.3 Å². The van der Waals surface area contributed by atoms with E-state index in [1.807, 2.05) is 36.4 Å². The number of amides is 1. The summed E-state index contributed by atoms with van der Waals surface area (Å²) in [5.74, 6) is -1.28. The molecule has 0 heterocycles. The Hall–Kier alpha value is -3.27. The van der Waals surface area contributed by atoms with Gasteiger partial charge in [0.1, 0.15) is 0 Å². The molecule has 0 aliphatic heterocycles. The van der Waals surface area contributed by atoms with Gasteiger partial charge >= 0.3 is 0 Å². The van der Waals surface area contributed by atoms with E-state index in [4.69, 9.17) is 0 Å². The van der Waals surface area contributed by atoms with Crippen LogP contribution < -0.4 is 5.32 Å². The predicted octanol–water partition coefficient (Wildman–Crippen LogP) is 3.79. The Morgan fingerprint density at radius 3 is 2.40 bits per heavy atom. The molecule has 124 valence electrons. The first kappa shape index (κ1) is 16.6. The number of benzene rings is 3. The van der Waals surface area contributed by atoms with Gasteiger partial charge in [0.05, 0.1) is 0 Å². The molecule has 0 bridgehead atoms. The number of hydrogen-bond acceptors (Lipinski definition) is 3. The molecule has 4 heteroatoms. The summed E-state index contributed by atoms with van der Waals surface area (Å²) in [4.78, 5) is 35.9. The van der Waals surface area contributed by atoms with Crippen molar-refractivity contribution in [3.8, 4) is 0 Å². The molecule has 0 aliphatic carbocycles. The summed E-state index contributed by atoms with van der Waals surface area (Å²) in [6.45, 7) is 1.47. The summed E-state index contributed by atoms with van der Waals surface area (Å²) in [6, 6.07) is 20.0. The molecule has 1 N–H and O–H groups in total. The minimum absolute atomic E-state index is 0.0439. The van der Waals surface area contributed by atoms with Crippen LogP contribution in [0.15, 0.2) is 66.7 Å². The zero-order chi connectivity index (χ0) is 17.8. The molecule has 0 unspecified atom stereocenters. The van der Waals surface area contributed by atoms with Gasteiger partial charge in [0.2, 0.25) is 5.78 Å². The molecule has 0 aliphatic rings. The molecule has 0 saturated carbocycles. The smallest absolute Gasteiger partial charge is 0.292 e. The maximum Gasteiger partial charge on any atom is 0.292 e. The summed E-state index contributed by atoms with van der Waals surface area (Å²) in [6.07, 6.45) is -0.0439. The van der Waals surface area contributed by atoms with Gasteiger partial charge in [-0.3, -0.25) is 14.4 Å². The van der Waals surface area contributed by atoms with E-state index in [0.717, 1.165) is 10.8 Å². The second-order valence-electron chi connectivity index (χ2n) is 5.84. The third-order valence-corrected chi connectivity index (χ3v) is 3.99. The van der Waals surface area contributed by atoms with Crippen molar-refractivity contribution < 1.29 is 14.4 Å². The highest BCUT2D eigenvalue weighted by molar-refractivity contribution is 6.41. The summed E-state index contributed by atoms with van der Waals surface area (Å²) in [7, 11) is 0. The Balaban J connectivity index is 1.76. The monoisotopic (exact) mass is 331 g/mol. The van der Waals surface area contributed by atoms with Gasteiger partial charge in [-0.15, -0.1) is 0 Å². The molecule has 0 aromatic heterocycles. The van der Waals surface area contributed by atoms with Crippen molar-refractivity contribution in [1.82, 2.24) is 0 Å². The molecule has 3 aromatic carbocycles. The standard InChI is InChI=1S/C21H17NO3/c1-14(23)17-9-4-6-15(12-17)13-20(24)21(25)22-19-11-5-8-16-7-2-3-10-18(16)19/h2-12H,13H2,1H3,(H,22,25). The average Bonchev–Trinajstić information content (AvgIpc) is 2.62. The van der Waals surface area contributed by atoms with Gasteiger partial charge in [0, 0.05) is 23.1 Å². The molecular weight excluding hydrogens is 314 g/mol. The van der Waals surface area contributed by atoms with E-state index in [-0.39, 0.29) is 12.2 Å². The fraction of sp³-hybridized carbons (Fsp3) is 0.0952. The zero-order valence-electron chi connectivity index (χ0n) is 13.8. The van der Waals surface area contributed by atoms with E-state index >= 15 is 0 Å². The quantitative estimate of drug-likeness (QED) is 0.571. The van der Waals surface area contributed by atoms with Crippen LogP contribution in [0, 0.1) is 0 Å².